The molecule has 0 aromatic rings. The van der Waals surface area contributed by atoms with Crippen LogP contribution in [0.4, 0.5) is 0 Å². The zero-order chi connectivity index (χ0) is 11.4. The van der Waals surface area contributed by atoms with E-state index in [-0.39, 0.29) is 0 Å². The summed E-state index contributed by atoms with van der Waals surface area (Å²) in [5.74, 6) is 0. The molecule has 15 heavy (non-hydrogen) atoms. The third-order valence-corrected chi connectivity index (χ3v) is 2.40. The highest BCUT2D eigenvalue weighted by Crippen LogP contribution is 1.83. The molecule has 4 N–H and O–H groups in total. The van der Waals surface area contributed by atoms with Crippen LogP contribution in [-0.2, 0) is 0 Å². The Morgan fingerprint density at radius 3 is 2.13 bits per heavy atom. The minimum absolute atomic E-state index is 0.756. The Kier molecular flexibility index (Phi) is 11.8. The summed E-state index contributed by atoms with van der Waals surface area (Å²) in [6, 6.07) is 0. The summed E-state index contributed by atoms with van der Waals surface area (Å²) in [5, 5.41) is 6.79. The molecule has 4 heteroatoms. The van der Waals surface area contributed by atoms with Crippen LogP contribution in [0, 0.1) is 0 Å². The second-order valence-electron chi connectivity index (χ2n) is 3.72. The van der Waals surface area contributed by atoms with Gasteiger partial charge in [-0.3, -0.25) is 0 Å². The van der Waals surface area contributed by atoms with Gasteiger partial charge in [0.05, 0.1) is 0 Å². The van der Waals surface area contributed by atoms with Gasteiger partial charge in [-0.2, -0.15) is 0 Å². The van der Waals surface area contributed by atoms with Gasteiger partial charge in [0.25, 0.3) is 0 Å². The smallest absolute Gasteiger partial charge is 0.0107 e. The molecule has 92 valence electrons. The molecule has 0 spiro atoms. The van der Waals surface area contributed by atoms with Crippen LogP contribution < -0.4 is 16.4 Å². The van der Waals surface area contributed by atoms with E-state index in [4.69, 9.17) is 5.73 Å². The van der Waals surface area contributed by atoms with Crippen molar-refractivity contribution in [2.75, 3.05) is 52.4 Å². The molecule has 0 saturated heterocycles. The van der Waals surface area contributed by atoms with Crippen molar-refractivity contribution >= 4 is 0 Å². The van der Waals surface area contributed by atoms with Gasteiger partial charge in [-0.15, -0.1) is 0 Å². The maximum absolute atomic E-state index is 5.52. The molecule has 0 aliphatic heterocycles. The van der Waals surface area contributed by atoms with Gasteiger partial charge >= 0.3 is 0 Å². The first-order valence-electron chi connectivity index (χ1n) is 6.19. The SMILES string of the molecule is CCCNCCNCCN(CC)CCN. The zero-order valence-electron chi connectivity index (χ0n) is 10.4. The second-order valence-corrected chi connectivity index (χ2v) is 3.72. The normalized spacial score (nSPS) is 11.2. The summed E-state index contributed by atoms with van der Waals surface area (Å²) in [6.45, 7) is 12.6. The average Bonchev–Trinajstić information content (AvgIpc) is 2.26. The third-order valence-electron chi connectivity index (χ3n) is 2.40. The molecule has 0 aromatic carbocycles. The lowest BCUT2D eigenvalue weighted by atomic mass is 10.4. The number of nitrogens with two attached hydrogens (primary N) is 1. The number of hydrogen-bond acceptors (Lipinski definition) is 4. The van der Waals surface area contributed by atoms with E-state index in [0.29, 0.717) is 0 Å². The Hall–Kier alpha value is -0.160. The van der Waals surface area contributed by atoms with Crippen molar-refractivity contribution in [3.8, 4) is 0 Å². The highest BCUT2D eigenvalue weighted by Gasteiger charge is 1.98. The average molecular weight is 216 g/mol. The lowest BCUT2D eigenvalue weighted by Crippen LogP contribution is -2.37. The fourth-order valence-corrected chi connectivity index (χ4v) is 1.45. The van der Waals surface area contributed by atoms with E-state index < -0.39 is 0 Å². The maximum Gasteiger partial charge on any atom is 0.0107 e. The van der Waals surface area contributed by atoms with E-state index in [1.807, 2.05) is 0 Å². The number of nitrogens with one attached hydrogen (secondary N) is 2. The van der Waals surface area contributed by atoms with Gasteiger partial charge in [-0.1, -0.05) is 13.8 Å². The molecule has 0 rings (SSSR count). The van der Waals surface area contributed by atoms with E-state index >= 15 is 0 Å². The van der Waals surface area contributed by atoms with Crippen molar-refractivity contribution in [3.63, 3.8) is 0 Å². The standard InChI is InChI=1S/C11H28N4/c1-3-6-13-7-8-14-9-11-15(4-2)10-5-12/h13-14H,3-12H2,1-2H3. The summed E-state index contributed by atoms with van der Waals surface area (Å²) >= 11 is 0. The molecular formula is C11H28N4. The predicted molar refractivity (Wildman–Crippen MR) is 67.2 cm³/mol. The molecule has 0 amide bonds. The molecule has 0 aliphatic carbocycles. The van der Waals surface area contributed by atoms with Gasteiger partial charge < -0.3 is 21.3 Å². The van der Waals surface area contributed by atoms with Gasteiger partial charge in [0, 0.05) is 39.3 Å². The molecule has 0 aromatic heterocycles. The lowest BCUT2D eigenvalue weighted by Gasteiger charge is -2.19. The van der Waals surface area contributed by atoms with Crippen LogP contribution in [0.3, 0.4) is 0 Å². The van der Waals surface area contributed by atoms with Gasteiger partial charge in [0.1, 0.15) is 0 Å². The third kappa shape index (κ3) is 10.1. The summed E-state index contributed by atoms with van der Waals surface area (Å²) in [5.41, 5.74) is 5.52. The maximum atomic E-state index is 5.52. The lowest BCUT2D eigenvalue weighted by molar-refractivity contribution is 0.295. The van der Waals surface area contributed by atoms with Crippen LogP contribution in [0.25, 0.3) is 0 Å². The Morgan fingerprint density at radius 2 is 1.60 bits per heavy atom. The van der Waals surface area contributed by atoms with Crippen LogP contribution in [0.15, 0.2) is 0 Å². The van der Waals surface area contributed by atoms with Gasteiger partial charge in [-0.05, 0) is 19.5 Å². The molecule has 0 saturated carbocycles. The number of hydrogen-bond donors (Lipinski definition) is 3. The topological polar surface area (TPSA) is 53.3 Å². The van der Waals surface area contributed by atoms with Gasteiger partial charge in [0.15, 0.2) is 0 Å². The first-order chi connectivity index (χ1) is 7.35. The van der Waals surface area contributed by atoms with E-state index in [1.54, 1.807) is 0 Å². The molecule has 0 heterocycles. The van der Waals surface area contributed by atoms with Crippen LogP contribution >= 0.6 is 0 Å². The summed E-state index contributed by atoms with van der Waals surface area (Å²) in [4.78, 5) is 2.37. The Bertz CT molecular complexity index is 119. The molecule has 0 unspecified atom stereocenters. The van der Waals surface area contributed by atoms with Crippen molar-refractivity contribution in [1.29, 1.82) is 0 Å². The minimum atomic E-state index is 0.756. The Labute approximate surface area is 94.6 Å². The highest BCUT2D eigenvalue weighted by atomic mass is 15.1. The first kappa shape index (κ1) is 14.8. The summed E-state index contributed by atoms with van der Waals surface area (Å²) in [7, 11) is 0. The van der Waals surface area contributed by atoms with Crippen LogP contribution in [0.1, 0.15) is 20.3 Å². The Balaban J connectivity index is 3.14. The largest absolute Gasteiger partial charge is 0.329 e. The summed E-state index contributed by atoms with van der Waals surface area (Å²) in [6.07, 6.45) is 1.21. The first-order valence-corrected chi connectivity index (χ1v) is 6.19. The van der Waals surface area contributed by atoms with E-state index in [1.165, 1.54) is 6.42 Å². The molecule has 0 aliphatic rings. The van der Waals surface area contributed by atoms with E-state index in [2.05, 4.69) is 29.4 Å². The molecule has 4 nitrogen and oxygen atoms in total. The number of nitrogens with zero attached hydrogens (tertiary/aromatic N) is 1. The minimum Gasteiger partial charge on any atom is -0.329 e. The predicted octanol–water partition coefficient (Wildman–Crippen LogP) is -0.144. The fraction of sp³-hybridized carbons (Fsp3) is 1.00. The summed E-state index contributed by atoms with van der Waals surface area (Å²) < 4.78 is 0. The van der Waals surface area contributed by atoms with Crippen LogP contribution in [-0.4, -0.2) is 57.3 Å². The molecule has 0 atom stereocenters. The molecular weight excluding hydrogens is 188 g/mol. The number of likely N-dealkylation sites (N-methyl/N-ethyl adjacent to an activating group) is 1. The van der Waals surface area contributed by atoms with Crippen molar-refractivity contribution in [2.45, 2.75) is 20.3 Å². The zero-order valence-corrected chi connectivity index (χ0v) is 10.4. The van der Waals surface area contributed by atoms with E-state index in [9.17, 15) is 0 Å². The molecule has 0 bridgehead atoms. The van der Waals surface area contributed by atoms with Gasteiger partial charge in [-0.25, -0.2) is 0 Å². The van der Waals surface area contributed by atoms with Crippen molar-refractivity contribution < 1.29 is 0 Å². The highest BCUT2D eigenvalue weighted by molar-refractivity contribution is 4.59. The molecule has 0 fully saturated rings. The van der Waals surface area contributed by atoms with Gasteiger partial charge in [0.2, 0.25) is 0 Å². The number of rotatable bonds is 11. The Morgan fingerprint density at radius 1 is 0.933 bits per heavy atom. The van der Waals surface area contributed by atoms with Crippen molar-refractivity contribution in [1.82, 2.24) is 15.5 Å². The monoisotopic (exact) mass is 216 g/mol. The van der Waals surface area contributed by atoms with E-state index in [0.717, 1.165) is 52.4 Å². The van der Waals surface area contributed by atoms with Crippen molar-refractivity contribution in [2.24, 2.45) is 5.73 Å². The fourth-order valence-electron chi connectivity index (χ4n) is 1.45. The van der Waals surface area contributed by atoms with Crippen LogP contribution in [0.5, 0.6) is 0 Å². The quantitative estimate of drug-likeness (QED) is 0.421. The second kappa shape index (κ2) is 11.9. The van der Waals surface area contributed by atoms with Crippen LogP contribution in [0.2, 0.25) is 0 Å². The van der Waals surface area contributed by atoms with Crippen molar-refractivity contribution in [3.05, 3.63) is 0 Å². The molecule has 0 radical (unpaired) electrons.